The number of imidazole rings is 1. The highest BCUT2D eigenvalue weighted by Gasteiger charge is 2.12. The number of fused-ring (bicyclic) bond motifs is 2. The molecule has 0 fully saturated rings. The lowest BCUT2D eigenvalue weighted by Gasteiger charge is -2.14. The SMILES string of the molecule is CC(C)Cc1cn(C)c2cc(C[C@@H](C)Cn3cnc4ccccc43)ccc12. The van der Waals surface area contributed by atoms with Gasteiger partial charge in [-0.3, -0.25) is 0 Å². The summed E-state index contributed by atoms with van der Waals surface area (Å²) in [5.41, 5.74) is 6.53. The number of hydrogen-bond donors (Lipinski definition) is 0. The van der Waals surface area contributed by atoms with E-state index in [1.54, 1.807) is 0 Å². The monoisotopic (exact) mass is 359 g/mol. The normalized spacial score (nSPS) is 13.1. The Morgan fingerprint density at radius 2 is 1.78 bits per heavy atom. The van der Waals surface area contributed by atoms with Gasteiger partial charge in [0.05, 0.1) is 17.4 Å². The van der Waals surface area contributed by atoms with Gasteiger partial charge < -0.3 is 9.13 Å². The molecule has 0 aliphatic carbocycles. The minimum Gasteiger partial charge on any atom is -0.350 e. The Labute approximate surface area is 161 Å². The van der Waals surface area contributed by atoms with Crippen molar-refractivity contribution in [1.29, 1.82) is 0 Å². The first-order valence-corrected chi connectivity index (χ1v) is 9.98. The molecular weight excluding hydrogens is 330 g/mol. The first-order chi connectivity index (χ1) is 13.0. The summed E-state index contributed by atoms with van der Waals surface area (Å²) in [4.78, 5) is 4.52. The number of nitrogens with zero attached hydrogens (tertiary/aromatic N) is 3. The molecule has 0 amide bonds. The summed E-state index contributed by atoms with van der Waals surface area (Å²) in [7, 11) is 2.16. The number of rotatable bonds is 6. The van der Waals surface area contributed by atoms with E-state index in [9.17, 15) is 0 Å². The van der Waals surface area contributed by atoms with Crippen molar-refractivity contribution in [3.8, 4) is 0 Å². The molecule has 4 aromatic rings. The largest absolute Gasteiger partial charge is 0.350 e. The maximum atomic E-state index is 4.52. The van der Waals surface area contributed by atoms with Gasteiger partial charge >= 0.3 is 0 Å². The number of hydrogen-bond acceptors (Lipinski definition) is 1. The number of aromatic nitrogens is 3. The molecule has 4 rings (SSSR count). The van der Waals surface area contributed by atoms with Crippen molar-refractivity contribution < 1.29 is 0 Å². The maximum absolute atomic E-state index is 4.52. The standard InChI is InChI=1S/C24H29N3/c1-17(2)11-20-15-26(4)24-13-19(9-10-21(20)24)12-18(3)14-27-16-25-22-7-5-6-8-23(22)27/h5-10,13,15-18H,11-12,14H2,1-4H3/t18-/m1/s1. The van der Waals surface area contributed by atoms with E-state index < -0.39 is 0 Å². The van der Waals surface area contributed by atoms with E-state index >= 15 is 0 Å². The van der Waals surface area contributed by atoms with E-state index in [-0.39, 0.29) is 0 Å². The molecule has 2 heterocycles. The Bertz CT molecular complexity index is 1070. The van der Waals surface area contributed by atoms with Gasteiger partial charge in [-0.2, -0.15) is 0 Å². The zero-order valence-electron chi connectivity index (χ0n) is 16.8. The minimum absolute atomic E-state index is 0.551. The predicted octanol–water partition coefficient (Wildman–Crippen LogP) is 5.61. The predicted molar refractivity (Wildman–Crippen MR) is 114 cm³/mol. The van der Waals surface area contributed by atoms with Crippen LogP contribution in [0.5, 0.6) is 0 Å². The summed E-state index contributed by atoms with van der Waals surface area (Å²) in [6, 6.07) is 15.4. The first kappa shape index (κ1) is 17.8. The van der Waals surface area contributed by atoms with Crippen LogP contribution in [0.25, 0.3) is 21.9 Å². The van der Waals surface area contributed by atoms with Crippen molar-refractivity contribution in [3.05, 3.63) is 66.1 Å². The molecule has 0 saturated carbocycles. The van der Waals surface area contributed by atoms with Gasteiger partial charge in [-0.05, 0) is 54.0 Å². The van der Waals surface area contributed by atoms with Gasteiger partial charge in [-0.25, -0.2) is 4.98 Å². The molecule has 0 bridgehead atoms. The van der Waals surface area contributed by atoms with Crippen LogP contribution in [0.3, 0.4) is 0 Å². The van der Waals surface area contributed by atoms with Crippen molar-refractivity contribution >= 4 is 21.9 Å². The third kappa shape index (κ3) is 3.64. The third-order valence-electron chi connectivity index (χ3n) is 5.39. The van der Waals surface area contributed by atoms with Crippen molar-refractivity contribution in [1.82, 2.24) is 14.1 Å². The van der Waals surface area contributed by atoms with Gasteiger partial charge in [0.25, 0.3) is 0 Å². The van der Waals surface area contributed by atoms with E-state index in [4.69, 9.17) is 0 Å². The average Bonchev–Trinajstić information content (AvgIpc) is 3.16. The molecule has 0 N–H and O–H groups in total. The first-order valence-electron chi connectivity index (χ1n) is 9.98. The Morgan fingerprint density at radius 3 is 2.59 bits per heavy atom. The van der Waals surface area contributed by atoms with Crippen molar-refractivity contribution in [2.45, 2.75) is 40.2 Å². The highest BCUT2D eigenvalue weighted by molar-refractivity contribution is 5.84. The molecule has 0 saturated heterocycles. The summed E-state index contributed by atoms with van der Waals surface area (Å²) in [6.45, 7) is 7.89. The van der Waals surface area contributed by atoms with Gasteiger partial charge in [0.1, 0.15) is 0 Å². The molecule has 140 valence electrons. The molecule has 2 aromatic heterocycles. The lowest BCUT2D eigenvalue weighted by Crippen LogP contribution is -2.09. The zero-order chi connectivity index (χ0) is 19.0. The Morgan fingerprint density at radius 1 is 0.963 bits per heavy atom. The van der Waals surface area contributed by atoms with Gasteiger partial charge in [-0.15, -0.1) is 0 Å². The maximum Gasteiger partial charge on any atom is 0.0958 e. The van der Waals surface area contributed by atoms with Crippen LogP contribution < -0.4 is 0 Å². The summed E-state index contributed by atoms with van der Waals surface area (Å²) < 4.78 is 4.56. The number of para-hydroxylation sites is 2. The zero-order valence-corrected chi connectivity index (χ0v) is 16.8. The van der Waals surface area contributed by atoms with E-state index in [0.29, 0.717) is 11.8 Å². The second-order valence-electron chi connectivity index (χ2n) is 8.41. The summed E-state index contributed by atoms with van der Waals surface area (Å²) in [5, 5.41) is 1.41. The highest BCUT2D eigenvalue weighted by atomic mass is 15.0. The molecular formula is C24H29N3. The fourth-order valence-corrected chi connectivity index (χ4v) is 4.20. The van der Waals surface area contributed by atoms with Crippen LogP contribution in [-0.2, 0) is 26.4 Å². The van der Waals surface area contributed by atoms with Crippen LogP contribution in [0.15, 0.2) is 55.0 Å². The third-order valence-corrected chi connectivity index (χ3v) is 5.39. The van der Waals surface area contributed by atoms with Gasteiger partial charge in [-0.1, -0.05) is 45.0 Å². The van der Waals surface area contributed by atoms with E-state index in [1.165, 1.54) is 27.5 Å². The molecule has 3 heteroatoms. The number of benzene rings is 2. The van der Waals surface area contributed by atoms with Crippen LogP contribution in [0, 0.1) is 11.8 Å². The number of aryl methyl sites for hydroxylation is 1. The van der Waals surface area contributed by atoms with Gasteiger partial charge in [0.2, 0.25) is 0 Å². The van der Waals surface area contributed by atoms with Crippen LogP contribution >= 0.6 is 0 Å². The summed E-state index contributed by atoms with van der Waals surface area (Å²) >= 11 is 0. The smallest absolute Gasteiger partial charge is 0.0958 e. The Balaban J connectivity index is 1.53. The van der Waals surface area contributed by atoms with Crippen LogP contribution in [0.2, 0.25) is 0 Å². The summed E-state index contributed by atoms with van der Waals surface area (Å²) in [5.74, 6) is 1.23. The molecule has 27 heavy (non-hydrogen) atoms. The topological polar surface area (TPSA) is 22.8 Å². The fourth-order valence-electron chi connectivity index (χ4n) is 4.20. The van der Waals surface area contributed by atoms with Crippen LogP contribution in [0.1, 0.15) is 31.9 Å². The Hall–Kier alpha value is -2.55. The molecule has 2 aromatic carbocycles. The van der Waals surface area contributed by atoms with Crippen LogP contribution in [-0.4, -0.2) is 14.1 Å². The molecule has 1 atom stereocenters. The van der Waals surface area contributed by atoms with Crippen molar-refractivity contribution in [2.24, 2.45) is 18.9 Å². The fraction of sp³-hybridized carbons (Fsp3) is 0.375. The quantitative estimate of drug-likeness (QED) is 0.439. The van der Waals surface area contributed by atoms with E-state index in [0.717, 1.165) is 24.9 Å². The second kappa shape index (κ2) is 7.22. The van der Waals surface area contributed by atoms with Crippen LogP contribution in [0.4, 0.5) is 0 Å². The molecule has 0 spiro atoms. The van der Waals surface area contributed by atoms with Gasteiger partial charge in [0.15, 0.2) is 0 Å². The average molecular weight is 360 g/mol. The molecule has 0 aliphatic rings. The molecule has 3 nitrogen and oxygen atoms in total. The van der Waals surface area contributed by atoms with Crippen molar-refractivity contribution in [3.63, 3.8) is 0 Å². The van der Waals surface area contributed by atoms with Gasteiger partial charge in [0, 0.05) is 30.7 Å². The highest BCUT2D eigenvalue weighted by Crippen LogP contribution is 2.25. The summed E-state index contributed by atoms with van der Waals surface area (Å²) in [6.07, 6.45) is 6.49. The molecule has 0 aliphatic heterocycles. The molecule has 0 unspecified atom stereocenters. The Kier molecular flexibility index (Phi) is 4.77. The van der Waals surface area contributed by atoms with Crippen molar-refractivity contribution in [2.75, 3.05) is 0 Å². The molecule has 0 radical (unpaired) electrons. The minimum atomic E-state index is 0.551. The lowest BCUT2D eigenvalue weighted by molar-refractivity contribution is 0.487. The lowest BCUT2D eigenvalue weighted by atomic mass is 9.98. The van der Waals surface area contributed by atoms with E-state index in [1.807, 2.05) is 12.4 Å². The second-order valence-corrected chi connectivity index (χ2v) is 8.41. The van der Waals surface area contributed by atoms with E-state index in [2.05, 4.69) is 84.5 Å².